The van der Waals surface area contributed by atoms with E-state index in [9.17, 15) is 0 Å². The van der Waals surface area contributed by atoms with Gasteiger partial charge in [-0.1, -0.05) is 13.3 Å². The van der Waals surface area contributed by atoms with Crippen molar-refractivity contribution in [3.8, 4) is 0 Å². The molecule has 15 heavy (non-hydrogen) atoms. The summed E-state index contributed by atoms with van der Waals surface area (Å²) in [5.74, 6) is 0.733. The summed E-state index contributed by atoms with van der Waals surface area (Å²) in [5.41, 5.74) is 7.06. The number of unbranched alkanes of at least 4 members (excludes halogenated alkanes) is 1. The van der Waals surface area contributed by atoms with E-state index in [-0.39, 0.29) is 0 Å². The van der Waals surface area contributed by atoms with Crippen LogP contribution >= 0.6 is 11.3 Å². The first-order valence-corrected chi connectivity index (χ1v) is 6.58. The standard InChI is InChI=1S/C12H18N2S/c1-2-3-4-11-7-9(8-15-11)12(13)14-10-5-6-10/h7-8,10H,2-6H2,1H3,(H2,13,14). The third-order valence-electron chi connectivity index (χ3n) is 2.59. The molecule has 2 nitrogen and oxygen atoms in total. The summed E-state index contributed by atoms with van der Waals surface area (Å²) in [6, 6.07) is 2.71. The summed E-state index contributed by atoms with van der Waals surface area (Å²) in [4.78, 5) is 5.88. The maximum absolute atomic E-state index is 5.93. The molecular weight excluding hydrogens is 204 g/mol. The fourth-order valence-electron chi connectivity index (χ4n) is 1.47. The van der Waals surface area contributed by atoms with Crippen LogP contribution in [-0.2, 0) is 6.42 Å². The molecule has 0 radical (unpaired) electrons. The lowest BCUT2D eigenvalue weighted by atomic mass is 10.2. The van der Waals surface area contributed by atoms with Gasteiger partial charge in [0.1, 0.15) is 5.84 Å². The molecule has 3 heteroatoms. The van der Waals surface area contributed by atoms with Crippen molar-refractivity contribution in [2.45, 2.75) is 45.1 Å². The molecule has 0 amide bonds. The van der Waals surface area contributed by atoms with Gasteiger partial charge in [-0.3, -0.25) is 4.99 Å². The third-order valence-corrected chi connectivity index (χ3v) is 3.59. The molecule has 0 saturated heterocycles. The maximum atomic E-state index is 5.93. The van der Waals surface area contributed by atoms with Gasteiger partial charge >= 0.3 is 0 Å². The molecule has 82 valence electrons. The van der Waals surface area contributed by atoms with Gasteiger partial charge in [-0.2, -0.15) is 0 Å². The Balaban J connectivity index is 1.98. The van der Waals surface area contributed by atoms with Crippen LogP contribution in [0.2, 0.25) is 0 Å². The molecular formula is C12H18N2S. The van der Waals surface area contributed by atoms with Crippen LogP contribution in [0.25, 0.3) is 0 Å². The lowest BCUT2D eigenvalue weighted by Gasteiger charge is -1.95. The monoisotopic (exact) mass is 222 g/mol. The van der Waals surface area contributed by atoms with Gasteiger partial charge in [0.15, 0.2) is 0 Å². The van der Waals surface area contributed by atoms with E-state index in [1.807, 2.05) is 0 Å². The molecule has 0 bridgehead atoms. The van der Waals surface area contributed by atoms with Gasteiger partial charge in [0, 0.05) is 15.8 Å². The van der Waals surface area contributed by atoms with Crippen LogP contribution in [0.1, 0.15) is 43.0 Å². The highest BCUT2D eigenvalue weighted by Crippen LogP contribution is 2.24. The van der Waals surface area contributed by atoms with Crippen molar-refractivity contribution in [1.82, 2.24) is 0 Å². The fourth-order valence-corrected chi connectivity index (χ4v) is 2.40. The second-order valence-corrected chi connectivity index (χ2v) is 5.15. The summed E-state index contributed by atoms with van der Waals surface area (Å²) in [6.07, 6.45) is 6.12. The van der Waals surface area contributed by atoms with Crippen LogP contribution < -0.4 is 5.73 Å². The van der Waals surface area contributed by atoms with Crippen molar-refractivity contribution >= 4 is 17.2 Å². The quantitative estimate of drug-likeness (QED) is 0.603. The molecule has 1 aliphatic carbocycles. The van der Waals surface area contributed by atoms with E-state index in [4.69, 9.17) is 5.73 Å². The molecule has 1 heterocycles. The Labute approximate surface area is 95.2 Å². The largest absolute Gasteiger partial charge is 0.383 e. The highest BCUT2D eigenvalue weighted by atomic mass is 32.1. The van der Waals surface area contributed by atoms with E-state index in [1.54, 1.807) is 11.3 Å². The van der Waals surface area contributed by atoms with E-state index in [0.29, 0.717) is 6.04 Å². The summed E-state index contributed by atoms with van der Waals surface area (Å²) < 4.78 is 0. The minimum Gasteiger partial charge on any atom is -0.383 e. The molecule has 1 aromatic rings. The minimum absolute atomic E-state index is 0.518. The number of hydrogen-bond acceptors (Lipinski definition) is 2. The van der Waals surface area contributed by atoms with Gasteiger partial charge in [0.2, 0.25) is 0 Å². The Hall–Kier alpha value is -0.830. The van der Waals surface area contributed by atoms with Gasteiger partial charge in [-0.15, -0.1) is 11.3 Å². The van der Waals surface area contributed by atoms with Crippen LogP contribution in [0.5, 0.6) is 0 Å². The van der Waals surface area contributed by atoms with E-state index in [1.165, 1.54) is 37.0 Å². The summed E-state index contributed by atoms with van der Waals surface area (Å²) >= 11 is 1.80. The lowest BCUT2D eigenvalue weighted by Crippen LogP contribution is -2.13. The first-order valence-electron chi connectivity index (χ1n) is 5.70. The van der Waals surface area contributed by atoms with Crippen LogP contribution in [0.4, 0.5) is 0 Å². The van der Waals surface area contributed by atoms with Crippen LogP contribution in [0.3, 0.4) is 0 Å². The van der Waals surface area contributed by atoms with Gasteiger partial charge in [0.05, 0.1) is 6.04 Å². The van der Waals surface area contributed by atoms with Gasteiger partial charge < -0.3 is 5.73 Å². The minimum atomic E-state index is 0.518. The van der Waals surface area contributed by atoms with Gasteiger partial charge in [0.25, 0.3) is 0 Å². The summed E-state index contributed by atoms with van der Waals surface area (Å²) in [6.45, 7) is 2.22. The van der Waals surface area contributed by atoms with Gasteiger partial charge in [-0.25, -0.2) is 0 Å². The van der Waals surface area contributed by atoms with E-state index < -0.39 is 0 Å². The second kappa shape index (κ2) is 4.79. The zero-order valence-electron chi connectivity index (χ0n) is 9.20. The summed E-state index contributed by atoms with van der Waals surface area (Å²) in [5, 5.41) is 2.13. The molecule has 0 aromatic carbocycles. The van der Waals surface area contributed by atoms with Crippen LogP contribution in [0, 0.1) is 0 Å². The lowest BCUT2D eigenvalue weighted by molar-refractivity contribution is 0.804. The van der Waals surface area contributed by atoms with E-state index >= 15 is 0 Å². The predicted octanol–water partition coefficient (Wildman–Crippen LogP) is 2.96. The molecule has 0 unspecified atom stereocenters. The van der Waals surface area contributed by atoms with Gasteiger partial charge in [-0.05, 0) is 31.7 Å². The van der Waals surface area contributed by atoms with E-state index in [0.717, 1.165) is 11.4 Å². The molecule has 2 rings (SSSR count). The number of thiophene rings is 1. The zero-order valence-corrected chi connectivity index (χ0v) is 10.0. The Kier molecular flexibility index (Phi) is 3.41. The number of nitrogens with zero attached hydrogens (tertiary/aromatic N) is 1. The topological polar surface area (TPSA) is 38.4 Å². The third kappa shape index (κ3) is 3.06. The number of nitrogens with two attached hydrogens (primary N) is 1. The molecule has 0 spiro atoms. The smallest absolute Gasteiger partial charge is 0.126 e. The Morgan fingerprint density at radius 1 is 1.60 bits per heavy atom. The normalized spacial score (nSPS) is 17.0. The molecule has 1 aromatic heterocycles. The average molecular weight is 222 g/mol. The molecule has 0 atom stereocenters. The van der Waals surface area contributed by atoms with Crippen LogP contribution in [0.15, 0.2) is 16.4 Å². The van der Waals surface area contributed by atoms with Crippen molar-refractivity contribution in [1.29, 1.82) is 0 Å². The number of rotatable bonds is 5. The molecule has 2 N–H and O–H groups in total. The SMILES string of the molecule is CCCCc1cc(C(N)=NC2CC2)cs1. The number of aryl methyl sites for hydroxylation is 1. The number of amidine groups is 1. The Bertz CT molecular complexity index is 350. The first-order chi connectivity index (χ1) is 7.29. The van der Waals surface area contributed by atoms with Crippen LogP contribution in [-0.4, -0.2) is 11.9 Å². The van der Waals surface area contributed by atoms with Crippen molar-refractivity contribution in [3.05, 3.63) is 21.9 Å². The highest BCUT2D eigenvalue weighted by molar-refractivity contribution is 7.10. The highest BCUT2D eigenvalue weighted by Gasteiger charge is 2.20. The number of hydrogen-bond donors (Lipinski definition) is 1. The first kappa shape index (κ1) is 10.7. The Morgan fingerprint density at radius 2 is 2.40 bits per heavy atom. The Morgan fingerprint density at radius 3 is 3.07 bits per heavy atom. The fraction of sp³-hybridized carbons (Fsp3) is 0.583. The average Bonchev–Trinajstić information content (AvgIpc) is 2.92. The molecule has 0 aliphatic heterocycles. The summed E-state index contributed by atoms with van der Waals surface area (Å²) in [7, 11) is 0. The number of aliphatic imine (C=N–C) groups is 1. The van der Waals surface area contributed by atoms with Crippen molar-refractivity contribution in [2.75, 3.05) is 0 Å². The van der Waals surface area contributed by atoms with Crippen molar-refractivity contribution < 1.29 is 0 Å². The molecule has 1 fully saturated rings. The zero-order chi connectivity index (χ0) is 10.7. The van der Waals surface area contributed by atoms with Crippen molar-refractivity contribution in [2.24, 2.45) is 10.7 Å². The maximum Gasteiger partial charge on any atom is 0.126 e. The molecule has 1 aliphatic rings. The predicted molar refractivity (Wildman–Crippen MR) is 66.7 cm³/mol. The van der Waals surface area contributed by atoms with E-state index in [2.05, 4.69) is 23.4 Å². The second-order valence-electron chi connectivity index (χ2n) is 4.15. The molecule has 1 saturated carbocycles. The van der Waals surface area contributed by atoms with Crippen molar-refractivity contribution in [3.63, 3.8) is 0 Å².